The van der Waals surface area contributed by atoms with E-state index in [1.165, 1.54) is 24.3 Å². The second-order valence-corrected chi connectivity index (χ2v) is 5.36. The molecular weight excluding hydrogens is 317 g/mol. The Morgan fingerprint density at radius 3 is 2.24 bits per heavy atom. The van der Waals surface area contributed by atoms with Crippen LogP contribution >= 0.6 is 0 Å². The molecule has 1 amide bonds. The summed E-state index contributed by atoms with van der Waals surface area (Å²) in [5, 5.41) is 14.9. The van der Waals surface area contributed by atoms with Crippen LogP contribution in [-0.4, -0.2) is 5.91 Å². The molecule has 3 rings (SSSR count). The lowest BCUT2D eigenvalue weighted by atomic mass is 10.2. The van der Waals surface area contributed by atoms with Gasteiger partial charge in [0.25, 0.3) is 5.91 Å². The quantitative estimate of drug-likeness (QED) is 0.729. The molecule has 0 atom stereocenters. The standard InChI is InChI=1S/C20H14FN3O/c21-16-6-4-15(5-7-16)20(25)24-18-10-8-17(9-11-18)23-19-3-1-2-14(12-19)13-22/h1-12,23H,(H,24,25). The highest BCUT2D eigenvalue weighted by Gasteiger charge is 2.06. The number of benzene rings is 3. The molecule has 0 bridgehead atoms. The molecule has 0 saturated carbocycles. The number of carbonyl (C=O) groups is 1. The predicted molar refractivity (Wildman–Crippen MR) is 95.2 cm³/mol. The molecule has 0 aliphatic heterocycles. The van der Waals surface area contributed by atoms with Gasteiger partial charge >= 0.3 is 0 Å². The number of anilines is 3. The SMILES string of the molecule is N#Cc1cccc(Nc2ccc(NC(=O)c3ccc(F)cc3)cc2)c1. The van der Waals surface area contributed by atoms with Crippen LogP contribution in [0.3, 0.4) is 0 Å². The van der Waals surface area contributed by atoms with Crippen LogP contribution in [0, 0.1) is 17.1 Å². The van der Waals surface area contributed by atoms with Gasteiger partial charge in [-0.25, -0.2) is 4.39 Å². The molecule has 0 radical (unpaired) electrons. The van der Waals surface area contributed by atoms with Gasteiger partial charge in [0.15, 0.2) is 0 Å². The maximum atomic E-state index is 12.9. The number of amides is 1. The number of hydrogen-bond acceptors (Lipinski definition) is 3. The summed E-state index contributed by atoms with van der Waals surface area (Å²) in [5.74, 6) is -0.685. The number of nitrogens with one attached hydrogen (secondary N) is 2. The topological polar surface area (TPSA) is 64.9 Å². The third-order valence-corrected chi connectivity index (χ3v) is 3.53. The van der Waals surface area contributed by atoms with E-state index in [0.29, 0.717) is 16.8 Å². The normalized spacial score (nSPS) is 9.92. The van der Waals surface area contributed by atoms with Gasteiger partial charge in [0.2, 0.25) is 0 Å². The maximum absolute atomic E-state index is 12.9. The first-order valence-electron chi connectivity index (χ1n) is 7.58. The van der Waals surface area contributed by atoms with Crippen LogP contribution in [0.4, 0.5) is 21.5 Å². The van der Waals surface area contributed by atoms with Gasteiger partial charge in [-0.1, -0.05) is 6.07 Å². The number of hydrogen-bond donors (Lipinski definition) is 2. The van der Waals surface area contributed by atoms with Crippen molar-refractivity contribution in [3.8, 4) is 6.07 Å². The van der Waals surface area contributed by atoms with E-state index in [2.05, 4.69) is 16.7 Å². The molecule has 0 unspecified atom stereocenters. The summed E-state index contributed by atoms with van der Waals surface area (Å²) in [6.07, 6.45) is 0. The highest BCUT2D eigenvalue weighted by Crippen LogP contribution is 2.20. The zero-order chi connectivity index (χ0) is 17.6. The van der Waals surface area contributed by atoms with Gasteiger partial charge in [0.05, 0.1) is 11.6 Å². The zero-order valence-corrected chi connectivity index (χ0v) is 13.2. The molecule has 5 heteroatoms. The summed E-state index contributed by atoms with van der Waals surface area (Å²) in [6.45, 7) is 0. The molecular formula is C20H14FN3O. The minimum absolute atomic E-state index is 0.303. The zero-order valence-electron chi connectivity index (χ0n) is 13.2. The van der Waals surface area contributed by atoms with Crippen molar-refractivity contribution in [2.45, 2.75) is 0 Å². The Kier molecular flexibility index (Phi) is 4.72. The molecule has 0 aromatic heterocycles. The van der Waals surface area contributed by atoms with Crippen molar-refractivity contribution < 1.29 is 9.18 Å². The maximum Gasteiger partial charge on any atom is 0.255 e. The third kappa shape index (κ3) is 4.21. The summed E-state index contributed by atoms with van der Waals surface area (Å²) >= 11 is 0. The Hall–Kier alpha value is -3.65. The highest BCUT2D eigenvalue weighted by atomic mass is 19.1. The lowest BCUT2D eigenvalue weighted by Gasteiger charge is -2.09. The summed E-state index contributed by atoms with van der Waals surface area (Å²) < 4.78 is 12.9. The first kappa shape index (κ1) is 16.2. The van der Waals surface area contributed by atoms with E-state index in [-0.39, 0.29) is 11.7 Å². The van der Waals surface area contributed by atoms with Crippen molar-refractivity contribution >= 4 is 23.0 Å². The smallest absolute Gasteiger partial charge is 0.255 e. The molecule has 122 valence electrons. The minimum atomic E-state index is -0.382. The molecule has 25 heavy (non-hydrogen) atoms. The summed E-state index contributed by atoms with van der Waals surface area (Å²) in [7, 11) is 0. The lowest BCUT2D eigenvalue weighted by molar-refractivity contribution is 0.102. The van der Waals surface area contributed by atoms with Crippen molar-refractivity contribution in [2.75, 3.05) is 10.6 Å². The second-order valence-electron chi connectivity index (χ2n) is 5.36. The predicted octanol–water partition coefficient (Wildman–Crippen LogP) is 4.69. The third-order valence-electron chi connectivity index (χ3n) is 3.53. The van der Waals surface area contributed by atoms with E-state index in [0.717, 1.165) is 11.4 Å². The molecule has 3 aromatic rings. The van der Waals surface area contributed by atoms with Gasteiger partial charge in [-0.05, 0) is 66.7 Å². The van der Waals surface area contributed by atoms with E-state index in [9.17, 15) is 9.18 Å². The van der Waals surface area contributed by atoms with E-state index >= 15 is 0 Å². The average Bonchev–Trinajstić information content (AvgIpc) is 2.64. The first-order chi connectivity index (χ1) is 12.1. The van der Waals surface area contributed by atoms with Gasteiger partial charge in [-0.2, -0.15) is 5.26 Å². The van der Waals surface area contributed by atoms with Crippen molar-refractivity contribution in [1.82, 2.24) is 0 Å². The Labute approximate surface area is 144 Å². The van der Waals surface area contributed by atoms with Crippen LogP contribution in [0.15, 0.2) is 72.8 Å². The van der Waals surface area contributed by atoms with Crippen LogP contribution < -0.4 is 10.6 Å². The Bertz CT molecular complexity index is 928. The van der Waals surface area contributed by atoms with Crippen LogP contribution in [0.5, 0.6) is 0 Å². The molecule has 0 heterocycles. The Balaban J connectivity index is 1.66. The largest absolute Gasteiger partial charge is 0.355 e. The Morgan fingerprint density at radius 2 is 1.56 bits per heavy atom. The van der Waals surface area contributed by atoms with Gasteiger partial charge in [0.1, 0.15) is 5.82 Å². The number of halogens is 1. The summed E-state index contributed by atoms with van der Waals surface area (Å²) in [5.41, 5.74) is 3.23. The molecule has 4 nitrogen and oxygen atoms in total. The van der Waals surface area contributed by atoms with Crippen LogP contribution in [0.1, 0.15) is 15.9 Å². The minimum Gasteiger partial charge on any atom is -0.355 e. The summed E-state index contributed by atoms with van der Waals surface area (Å²) in [6, 6.07) is 21.8. The van der Waals surface area contributed by atoms with Crippen molar-refractivity contribution in [2.24, 2.45) is 0 Å². The van der Waals surface area contributed by atoms with Crippen LogP contribution in [-0.2, 0) is 0 Å². The number of rotatable bonds is 4. The van der Waals surface area contributed by atoms with E-state index < -0.39 is 0 Å². The fraction of sp³-hybridized carbons (Fsp3) is 0. The van der Waals surface area contributed by atoms with E-state index in [1.807, 2.05) is 18.2 Å². The van der Waals surface area contributed by atoms with Crippen LogP contribution in [0.25, 0.3) is 0 Å². The second kappa shape index (κ2) is 7.28. The molecule has 3 aromatic carbocycles. The van der Waals surface area contributed by atoms with Crippen molar-refractivity contribution in [1.29, 1.82) is 5.26 Å². The molecule has 0 aliphatic rings. The molecule has 0 aliphatic carbocycles. The molecule has 0 saturated heterocycles. The van der Waals surface area contributed by atoms with E-state index in [1.54, 1.807) is 30.3 Å². The first-order valence-corrected chi connectivity index (χ1v) is 7.58. The van der Waals surface area contributed by atoms with Gasteiger partial charge in [-0.15, -0.1) is 0 Å². The lowest BCUT2D eigenvalue weighted by Crippen LogP contribution is -2.11. The number of carbonyl (C=O) groups excluding carboxylic acids is 1. The summed E-state index contributed by atoms with van der Waals surface area (Å²) in [4.78, 5) is 12.1. The fourth-order valence-corrected chi connectivity index (χ4v) is 2.27. The highest BCUT2D eigenvalue weighted by molar-refractivity contribution is 6.04. The van der Waals surface area contributed by atoms with Crippen LogP contribution in [0.2, 0.25) is 0 Å². The number of nitrogens with zero attached hydrogens (tertiary/aromatic N) is 1. The van der Waals surface area contributed by atoms with E-state index in [4.69, 9.17) is 5.26 Å². The van der Waals surface area contributed by atoms with Gasteiger partial charge < -0.3 is 10.6 Å². The number of nitriles is 1. The fourth-order valence-electron chi connectivity index (χ4n) is 2.27. The van der Waals surface area contributed by atoms with Gasteiger partial charge in [0, 0.05) is 22.6 Å². The van der Waals surface area contributed by atoms with Gasteiger partial charge in [-0.3, -0.25) is 4.79 Å². The molecule has 2 N–H and O–H groups in total. The molecule has 0 fully saturated rings. The average molecular weight is 331 g/mol. The Morgan fingerprint density at radius 1 is 0.880 bits per heavy atom. The monoisotopic (exact) mass is 331 g/mol. The molecule has 0 spiro atoms. The van der Waals surface area contributed by atoms with Crippen molar-refractivity contribution in [3.05, 3.63) is 89.7 Å². The van der Waals surface area contributed by atoms with Crippen molar-refractivity contribution in [3.63, 3.8) is 0 Å².